The van der Waals surface area contributed by atoms with Crippen molar-refractivity contribution in [2.75, 3.05) is 13.7 Å². The van der Waals surface area contributed by atoms with E-state index in [1.807, 2.05) is 20.8 Å². The van der Waals surface area contributed by atoms with Crippen molar-refractivity contribution in [1.82, 2.24) is 0 Å². The second-order valence-electron chi connectivity index (χ2n) is 4.98. The van der Waals surface area contributed by atoms with Crippen LogP contribution in [0.5, 0.6) is 0 Å². The van der Waals surface area contributed by atoms with E-state index in [1.54, 1.807) is 0 Å². The van der Waals surface area contributed by atoms with Gasteiger partial charge in [0.2, 0.25) is 0 Å². The average molecular weight is 230 g/mol. The predicted molar refractivity (Wildman–Crippen MR) is 59.9 cm³/mol. The van der Waals surface area contributed by atoms with Gasteiger partial charge in [-0.15, -0.1) is 0 Å². The maximum absolute atomic E-state index is 11.7. The molecule has 94 valence electrons. The number of aliphatic hydroxyl groups is 1. The van der Waals surface area contributed by atoms with Crippen LogP contribution in [-0.2, 0) is 14.3 Å². The molecule has 4 heteroatoms. The molecule has 0 aromatic rings. The van der Waals surface area contributed by atoms with Crippen molar-refractivity contribution in [3.63, 3.8) is 0 Å². The molecule has 1 heterocycles. The molecule has 3 atom stereocenters. The van der Waals surface area contributed by atoms with Crippen LogP contribution in [0.1, 0.15) is 33.6 Å². The van der Waals surface area contributed by atoms with E-state index >= 15 is 0 Å². The molecule has 16 heavy (non-hydrogen) atoms. The molecular weight excluding hydrogens is 208 g/mol. The first kappa shape index (κ1) is 13.5. The van der Waals surface area contributed by atoms with Crippen molar-refractivity contribution < 1.29 is 19.4 Å². The van der Waals surface area contributed by atoms with Crippen molar-refractivity contribution in [2.24, 2.45) is 11.8 Å². The number of carbonyl (C=O) groups is 1. The smallest absolute Gasteiger partial charge is 0.311 e. The fourth-order valence-electron chi connectivity index (χ4n) is 2.62. The molecule has 0 spiro atoms. The SMILES string of the molecule is COC(=O)C(C(C)C)C1(O)CCOC(C)C1. The molecule has 0 bridgehead atoms. The van der Waals surface area contributed by atoms with Crippen molar-refractivity contribution in [3.05, 3.63) is 0 Å². The van der Waals surface area contributed by atoms with E-state index in [0.717, 1.165) is 0 Å². The molecule has 0 aromatic carbocycles. The Hall–Kier alpha value is -0.610. The molecule has 4 nitrogen and oxygen atoms in total. The minimum Gasteiger partial charge on any atom is -0.469 e. The maximum atomic E-state index is 11.7. The van der Waals surface area contributed by atoms with Gasteiger partial charge in [0.1, 0.15) is 0 Å². The van der Waals surface area contributed by atoms with Gasteiger partial charge in [0, 0.05) is 19.4 Å². The summed E-state index contributed by atoms with van der Waals surface area (Å²) in [7, 11) is 1.36. The normalized spacial score (nSPS) is 32.5. The zero-order valence-corrected chi connectivity index (χ0v) is 10.5. The van der Waals surface area contributed by atoms with Crippen LogP contribution in [-0.4, -0.2) is 36.5 Å². The maximum Gasteiger partial charge on any atom is 0.311 e. The number of rotatable bonds is 3. The van der Waals surface area contributed by atoms with Gasteiger partial charge in [0.25, 0.3) is 0 Å². The van der Waals surface area contributed by atoms with E-state index in [-0.39, 0.29) is 18.0 Å². The zero-order chi connectivity index (χ0) is 12.3. The van der Waals surface area contributed by atoms with Crippen molar-refractivity contribution in [3.8, 4) is 0 Å². The lowest BCUT2D eigenvalue weighted by atomic mass is 9.74. The second kappa shape index (κ2) is 5.15. The molecule has 0 radical (unpaired) electrons. The molecule has 3 unspecified atom stereocenters. The molecule has 1 aliphatic rings. The Morgan fingerprint density at radius 3 is 2.62 bits per heavy atom. The summed E-state index contributed by atoms with van der Waals surface area (Å²) in [6, 6.07) is 0. The summed E-state index contributed by atoms with van der Waals surface area (Å²) in [6.07, 6.45) is 0.977. The lowest BCUT2D eigenvalue weighted by Gasteiger charge is -2.41. The van der Waals surface area contributed by atoms with Crippen LogP contribution < -0.4 is 0 Å². The molecule has 0 aromatic heterocycles. The van der Waals surface area contributed by atoms with E-state index in [4.69, 9.17) is 9.47 Å². The Morgan fingerprint density at radius 2 is 2.19 bits per heavy atom. The standard InChI is InChI=1S/C12H22O4/c1-8(2)10(11(13)15-4)12(14)5-6-16-9(3)7-12/h8-10,14H,5-7H2,1-4H3. The third-order valence-corrected chi connectivity index (χ3v) is 3.28. The lowest BCUT2D eigenvalue weighted by molar-refractivity contribution is -0.174. The third-order valence-electron chi connectivity index (χ3n) is 3.28. The Bertz CT molecular complexity index is 251. The molecule has 1 rings (SSSR count). The number of carbonyl (C=O) groups excluding carboxylic acids is 1. The van der Waals surface area contributed by atoms with Crippen LogP contribution in [0.4, 0.5) is 0 Å². The van der Waals surface area contributed by atoms with Crippen molar-refractivity contribution >= 4 is 5.97 Å². The average Bonchev–Trinajstić information content (AvgIpc) is 2.15. The number of hydrogen-bond donors (Lipinski definition) is 1. The van der Waals surface area contributed by atoms with Crippen LogP contribution in [0.25, 0.3) is 0 Å². The number of methoxy groups -OCH3 is 1. The molecule has 1 saturated heterocycles. The first-order valence-electron chi connectivity index (χ1n) is 5.82. The quantitative estimate of drug-likeness (QED) is 0.744. The van der Waals surface area contributed by atoms with Gasteiger partial charge in [-0.05, 0) is 12.8 Å². The van der Waals surface area contributed by atoms with Gasteiger partial charge in [-0.1, -0.05) is 13.8 Å². The molecular formula is C12H22O4. The van der Waals surface area contributed by atoms with E-state index in [0.29, 0.717) is 19.4 Å². The summed E-state index contributed by atoms with van der Waals surface area (Å²) < 4.78 is 10.2. The minimum absolute atomic E-state index is 0.00958. The highest BCUT2D eigenvalue weighted by molar-refractivity contribution is 5.74. The second-order valence-corrected chi connectivity index (χ2v) is 4.98. The Kier molecular flexibility index (Phi) is 4.33. The summed E-state index contributed by atoms with van der Waals surface area (Å²) in [4.78, 5) is 11.7. The van der Waals surface area contributed by atoms with Crippen LogP contribution in [0, 0.1) is 11.8 Å². The number of hydrogen-bond acceptors (Lipinski definition) is 4. The Morgan fingerprint density at radius 1 is 1.56 bits per heavy atom. The van der Waals surface area contributed by atoms with Gasteiger partial charge in [-0.25, -0.2) is 0 Å². The van der Waals surface area contributed by atoms with Gasteiger partial charge in [0.05, 0.1) is 24.7 Å². The van der Waals surface area contributed by atoms with Gasteiger partial charge in [-0.3, -0.25) is 4.79 Å². The van der Waals surface area contributed by atoms with Crippen LogP contribution in [0.2, 0.25) is 0 Å². The van der Waals surface area contributed by atoms with Crippen LogP contribution >= 0.6 is 0 Å². The molecule has 1 fully saturated rings. The predicted octanol–water partition coefficient (Wildman–Crippen LogP) is 1.36. The highest BCUT2D eigenvalue weighted by Gasteiger charge is 2.46. The molecule has 1 N–H and O–H groups in total. The topological polar surface area (TPSA) is 55.8 Å². The largest absolute Gasteiger partial charge is 0.469 e. The minimum atomic E-state index is -0.987. The van der Waals surface area contributed by atoms with Crippen molar-refractivity contribution in [2.45, 2.75) is 45.3 Å². The lowest BCUT2D eigenvalue weighted by Crippen LogP contribution is -2.51. The van der Waals surface area contributed by atoms with Gasteiger partial charge >= 0.3 is 5.97 Å². The Labute approximate surface area is 96.9 Å². The summed E-state index contributed by atoms with van der Waals surface area (Å²) in [5.41, 5.74) is -0.987. The fraction of sp³-hybridized carbons (Fsp3) is 0.917. The van der Waals surface area contributed by atoms with Gasteiger partial charge < -0.3 is 14.6 Å². The summed E-state index contributed by atoms with van der Waals surface area (Å²) in [6.45, 7) is 6.27. The van der Waals surface area contributed by atoms with Gasteiger partial charge in [0.15, 0.2) is 0 Å². The summed E-state index contributed by atoms with van der Waals surface area (Å²) >= 11 is 0. The summed E-state index contributed by atoms with van der Waals surface area (Å²) in [5.74, 6) is -0.738. The van der Waals surface area contributed by atoms with Crippen LogP contribution in [0.3, 0.4) is 0 Å². The van der Waals surface area contributed by atoms with Gasteiger partial charge in [-0.2, -0.15) is 0 Å². The first-order chi connectivity index (χ1) is 7.40. The molecule has 1 aliphatic heterocycles. The molecule has 0 amide bonds. The summed E-state index contributed by atoms with van der Waals surface area (Å²) in [5, 5.41) is 10.6. The van der Waals surface area contributed by atoms with Crippen LogP contribution in [0.15, 0.2) is 0 Å². The first-order valence-corrected chi connectivity index (χ1v) is 5.82. The highest BCUT2D eigenvalue weighted by Crippen LogP contribution is 2.36. The zero-order valence-electron chi connectivity index (χ0n) is 10.5. The van der Waals surface area contributed by atoms with E-state index in [2.05, 4.69) is 0 Å². The highest BCUT2D eigenvalue weighted by atomic mass is 16.5. The van der Waals surface area contributed by atoms with E-state index in [1.165, 1.54) is 7.11 Å². The fourth-order valence-corrected chi connectivity index (χ4v) is 2.62. The molecule has 0 saturated carbocycles. The number of esters is 1. The third kappa shape index (κ3) is 2.74. The monoisotopic (exact) mass is 230 g/mol. The van der Waals surface area contributed by atoms with E-state index in [9.17, 15) is 9.90 Å². The molecule has 0 aliphatic carbocycles. The van der Waals surface area contributed by atoms with E-state index < -0.39 is 11.5 Å². The Balaban J connectivity index is 2.87. The number of ether oxygens (including phenoxy) is 2. The van der Waals surface area contributed by atoms with Crippen molar-refractivity contribution in [1.29, 1.82) is 0 Å².